The van der Waals surface area contributed by atoms with Gasteiger partial charge in [-0.05, 0) is 41.7 Å². The van der Waals surface area contributed by atoms with Gasteiger partial charge in [0.1, 0.15) is 5.75 Å². The average Bonchev–Trinajstić information content (AvgIpc) is 2.56. The van der Waals surface area contributed by atoms with Gasteiger partial charge in [-0.3, -0.25) is 4.79 Å². The average molecular weight is 333 g/mol. The molecule has 0 radical (unpaired) electrons. The number of nitrogens with one attached hydrogen (secondary N) is 2. The Morgan fingerprint density at radius 1 is 1.26 bits per heavy atom. The van der Waals surface area contributed by atoms with Gasteiger partial charge in [0.05, 0.1) is 11.7 Å². The number of aryl methyl sites for hydroxylation is 1. The van der Waals surface area contributed by atoms with Gasteiger partial charge in [-0.15, -0.1) is 12.4 Å². The largest absolute Gasteiger partial charge is 0.506 e. The third-order valence-corrected chi connectivity index (χ3v) is 4.12. The van der Waals surface area contributed by atoms with Gasteiger partial charge >= 0.3 is 0 Å². The van der Waals surface area contributed by atoms with E-state index in [-0.39, 0.29) is 30.1 Å². The van der Waals surface area contributed by atoms with Crippen molar-refractivity contribution in [1.82, 2.24) is 5.32 Å². The van der Waals surface area contributed by atoms with Gasteiger partial charge in [-0.2, -0.15) is 0 Å². The fraction of sp³-hybridized carbons (Fsp3) is 0.278. The van der Waals surface area contributed by atoms with Gasteiger partial charge in [-0.25, -0.2) is 0 Å². The normalized spacial score (nSPS) is 16.1. The van der Waals surface area contributed by atoms with Crippen LogP contribution in [0.2, 0.25) is 0 Å². The molecule has 0 bridgehead atoms. The lowest BCUT2D eigenvalue weighted by Crippen LogP contribution is -2.44. The van der Waals surface area contributed by atoms with E-state index >= 15 is 0 Å². The van der Waals surface area contributed by atoms with Gasteiger partial charge in [0, 0.05) is 6.54 Å². The molecular formula is C18H21ClN2O2. The van der Waals surface area contributed by atoms with Crippen molar-refractivity contribution in [3.05, 3.63) is 59.2 Å². The predicted octanol–water partition coefficient (Wildman–Crippen LogP) is 3.03. The molecule has 0 aromatic heterocycles. The zero-order valence-electron chi connectivity index (χ0n) is 13.0. The molecule has 1 atom stereocenters. The molecule has 0 spiro atoms. The van der Waals surface area contributed by atoms with Gasteiger partial charge in [0.2, 0.25) is 5.91 Å². The molecular weight excluding hydrogens is 312 g/mol. The number of phenolic OH excluding ortho intramolecular Hbond substituents is 1. The van der Waals surface area contributed by atoms with E-state index in [1.54, 1.807) is 6.07 Å². The van der Waals surface area contributed by atoms with Crippen LogP contribution in [0.5, 0.6) is 5.75 Å². The standard InChI is InChI=1S/C18H20N2O2.ClH/c1-2-12-7-8-17(21)15(9-12)20-18(22)16-10-13-5-3-4-6-14(13)11-19-16;/h3-9,16,19,21H,2,10-11H2,1H3,(H,20,22);1H. The summed E-state index contributed by atoms with van der Waals surface area (Å²) in [6, 6.07) is 13.2. The summed E-state index contributed by atoms with van der Waals surface area (Å²) in [6.45, 7) is 2.73. The molecule has 1 amide bonds. The fourth-order valence-corrected chi connectivity index (χ4v) is 2.76. The van der Waals surface area contributed by atoms with Gasteiger partial charge in [0.15, 0.2) is 0 Å². The molecule has 0 saturated heterocycles. The van der Waals surface area contributed by atoms with E-state index in [9.17, 15) is 9.90 Å². The summed E-state index contributed by atoms with van der Waals surface area (Å²) in [5, 5.41) is 16.0. The number of anilines is 1. The van der Waals surface area contributed by atoms with Gasteiger partial charge in [-0.1, -0.05) is 37.3 Å². The number of hydrogen-bond donors (Lipinski definition) is 3. The van der Waals surface area contributed by atoms with E-state index in [4.69, 9.17) is 0 Å². The molecule has 1 aliphatic heterocycles. The number of carbonyl (C=O) groups is 1. The number of phenols is 1. The number of benzene rings is 2. The molecule has 1 heterocycles. The Kier molecular flexibility index (Phi) is 5.64. The zero-order chi connectivity index (χ0) is 15.5. The number of fused-ring (bicyclic) bond motifs is 1. The molecule has 2 aromatic carbocycles. The fourth-order valence-electron chi connectivity index (χ4n) is 2.76. The van der Waals surface area contributed by atoms with Crippen LogP contribution in [-0.4, -0.2) is 17.1 Å². The summed E-state index contributed by atoms with van der Waals surface area (Å²) >= 11 is 0. The van der Waals surface area contributed by atoms with Crippen molar-refractivity contribution in [2.24, 2.45) is 0 Å². The molecule has 2 aromatic rings. The lowest BCUT2D eigenvalue weighted by Gasteiger charge is -2.25. The topological polar surface area (TPSA) is 61.4 Å². The smallest absolute Gasteiger partial charge is 0.241 e. The first kappa shape index (κ1) is 17.3. The molecule has 3 N–H and O–H groups in total. The highest BCUT2D eigenvalue weighted by Gasteiger charge is 2.24. The van der Waals surface area contributed by atoms with Crippen molar-refractivity contribution in [3.8, 4) is 5.75 Å². The molecule has 0 saturated carbocycles. The van der Waals surface area contributed by atoms with Crippen LogP contribution >= 0.6 is 12.4 Å². The van der Waals surface area contributed by atoms with Crippen molar-refractivity contribution < 1.29 is 9.90 Å². The van der Waals surface area contributed by atoms with Crippen LogP contribution < -0.4 is 10.6 Å². The number of carbonyl (C=O) groups excluding carboxylic acids is 1. The van der Waals surface area contributed by atoms with E-state index in [1.165, 1.54) is 11.1 Å². The quantitative estimate of drug-likeness (QED) is 0.757. The lowest BCUT2D eigenvalue weighted by atomic mass is 9.95. The number of amides is 1. The molecule has 4 nitrogen and oxygen atoms in total. The first-order chi connectivity index (χ1) is 10.7. The number of hydrogen-bond acceptors (Lipinski definition) is 3. The number of halogens is 1. The highest BCUT2D eigenvalue weighted by Crippen LogP contribution is 2.25. The van der Waals surface area contributed by atoms with E-state index in [0.717, 1.165) is 12.0 Å². The summed E-state index contributed by atoms with van der Waals surface area (Å²) < 4.78 is 0. The van der Waals surface area contributed by atoms with Crippen LogP contribution in [-0.2, 0) is 24.2 Å². The maximum absolute atomic E-state index is 12.4. The van der Waals surface area contributed by atoms with Crippen molar-refractivity contribution in [3.63, 3.8) is 0 Å². The maximum atomic E-state index is 12.4. The lowest BCUT2D eigenvalue weighted by molar-refractivity contribution is -0.118. The van der Waals surface area contributed by atoms with E-state index in [2.05, 4.69) is 22.8 Å². The SMILES string of the molecule is CCc1ccc(O)c(NC(=O)C2Cc3ccccc3CN2)c1.Cl. The van der Waals surface area contributed by atoms with E-state index in [0.29, 0.717) is 18.7 Å². The Hall–Kier alpha value is -2.04. The summed E-state index contributed by atoms with van der Waals surface area (Å²) in [4.78, 5) is 12.4. The molecule has 1 aliphatic rings. The van der Waals surface area contributed by atoms with Crippen LogP contribution in [0, 0.1) is 0 Å². The zero-order valence-corrected chi connectivity index (χ0v) is 13.8. The Balaban J connectivity index is 0.00000192. The second kappa shape index (κ2) is 7.49. The Morgan fingerprint density at radius 3 is 2.74 bits per heavy atom. The van der Waals surface area contributed by atoms with Crippen molar-refractivity contribution in [2.45, 2.75) is 32.4 Å². The maximum Gasteiger partial charge on any atom is 0.241 e. The molecule has 0 fully saturated rings. The Labute approximate surface area is 142 Å². The first-order valence-corrected chi connectivity index (χ1v) is 7.60. The van der Waals surface area contributed by atoms with Crippen LogP contribution in [0.4, 0.5) is 5.69 Å². The van der Waals surface area contributed by atoms with Crippen molar-refractivity contribution in [2.75, 3.05) is 5.32 Å². The highest BCUT2D eigenvalue weighted by atomic mass is 35.5. The van der Waals surface area contributed by atoms with E-state index in [1.807, 2.05) is 31.2 Å². The Morgan fingerprint density at radius 2 is 2.00 bits per heavy atom. The number of aromatic hydroxyl groups is 1. The third kappa shape index (κ3) is 3.84. The molecule has 122 valence electrons. The summed E-state index contributed by atoms with van der Waals surface area (Å²) in [5.74, 6) is -0.0141. The first-order valence-electron chi connectivity index (χ1n) is 7.60. The minimum atomic E-state index is -0.278. The third-order valence-electron chi connectivity index (χ3n) is 4.12. The number of rotatable bonds is 3. The summed E-state index contributed by atoms with van der Waals surface area (Å²) in [5.41, 5.74) is 4.00. The Bertz CT molecular complexity index is 703. The molecule has 1 unspecified atom stereocenters. The van der Waals surface area contributed by atoms with Crippen molar-refractivity contribution >= 4 is 24.0 Å². The minimum Gasteiger partial charge on any atom is -0.506 e. The monoisotopic (exact) mass is 332 g/mol. The van der Waals surface area contributed by atoms with Crippen LogP contribution in [0.15, 0.2) is 42.5 Å². The molecule has 5 heteroatoms. The summed E-state index contributed by atoms with van der Waals surface area (Å²) in [6.07, 6.45) is 1.52. The second-order valence-corrected chi connectivity index (χ2v) is 5.60. The molecule has 23 heavy (non-hydrogen) atoms. The molecule has 3 rings (SSSR count). The highest BCUT2D eigenvalue weighted by molar-refractivity contribution is 5.96. The predicted molar refractivity (Wildman–Crippen MR) is 94.1 cm³/mol. The van der Waals surface area contributed by atoms with E-state index < -0.39 is 0 Å². The van der Waals surface area contributed by atoms with Gasteiger partial charge < -0.3 is 15.7 Å². The van der Waals surface area contributed by atoms with Crippen LogP contribution in [0.3, 0.4) is 0 Å². The minimum absolute atomic E-state index is 0. The summed E-state index contributed by atoms with van der Waals surface area (Å²) in [7, 11) is 0. The van der Waals surface area contributed by atoms with Crippen molar-refractivity contribution in [1.29, 1.82) is 0 Å². The van der Waals surface area contributed by atoms with Crippen LogP contribution in [0.25, 0.3) is 0 Å². The molecule has 0 aliphatic carbocycles. The van der Waals surface area contributed by atoms with Crippen LogP contribution in [0.1, 0.15) is 23.6 Å². The van der Waals surface area contributed by atoms with Gasteiger partial charge in [0.25, 0.3) is 0 Å². The second-order valence-electron chi connectivity index (χ2n) is 5.60.